The molecule has 216 valence electrons. The molecule has 2 aromatic heterocycles. The number of pyridine rings is 1. The van der Waals surface area contributed by atoms with E-state index in [0.717, 1.165) is 36.3 Å². The van der Waals surface area contributed by atoms with Crippen LogP contribution in [0.25, 0.3) is 11.0 Å². The number of ether oxygens (including phenoxy) is 2. The Morgan fingerprint density at radius 3 is 2.71 bits per heavy atom. The Balaban J connectivity index is 1.36. The second-order valence-corrected chi connectivity index (χ2v) is 11.9. The van der Waals surface area contributed by atoms with Crippen molar-refractivity contribution in [1.82, 2.24) is 14.5 Å². The van der Waals surface area contributed by atoms with Gasteiger partial charge < -0.3 is 18.9 Å². The lowest BCUT2D eigenvalue weighted by molar-refractivity contribution is 0.0992. The molecule has 7 nitrogen and oxygen atoms in total. The number of nitriles is 1. The number of ketones is 1. The first-order valence-electron chi connectivity index (χ1n) is 14.9. The van der Waals surface area contributed by atoms with Crippen LogP contribution in [0.1, 0.15) is 77.6 Å². The average molecular weight is 555 g/mol. The molecule has 2 fully saturated rings. The lowest BCUT2D eigenvalue weighted by Crippen LogP contribution is -2.39. The molecule has 1 aliphatic heterocycles. The zero-order chi connectivity index (χ0) is 29.1. The molecule has 3 aromatic rings. The van der Waals surface area contributed by atoms with Gasteiger partial charge in [-0.15, -0.1) is 0 Å². The summed E-state index contributed by atoms with van der Waals surface area (Å²) < 4.78 is 12.8. The highest BCUT2D eigenvalue weighted by atomic mass is 16.5. The van der Waals surface area contributed by atoms with Gasteiger partial charge in [0.2, 0.25) is 0 Å². The number of aryl methyl sites for hydroxylation is 2. The summed E-state index contributed by atoms with van der Waals surface area (Å²) >= 11 is 0. The molecule has 1 aliphatic carbocycles. The van der Waals surface area contributed by atoms with Gasteiger partial charge in [-0.2, -0.15) is 5.26 Å². The van der Waals surface area contributed by atoms with Crippen molar-refractivity contribution in [3.05, 3.63) is 70.7 Å². The molecule has 1 saturated carbocycles. The van der Waals surface area contributed by atoms with Crippen LogP contribution in [0.15, 0.2) is 42.9 Å². The fraction of sp³-hybridized carbons (Fsp3) is 0.500. The number of carbonyl (C=O) groups excluding carboxylic acids is 1. The predicted octanol–water partition coefficient (Wildman–Crippen LogP) is 6.33. The monoisotopic (exact) mass is 554 g/mol. The van der Waals surface area contributed by atoms with Crippen molar-refractivity contribution in [2.75, 3.05) is 33.4 Å². The van der Waals surface area contributed by atoms with Crippen LogP contribution in [-0.4, -0.2) is 53.6 Å². The molecule has 0 N–H and O–H groups in total. The van der Waals surface area contributed by atoms with E-state index in [1.54, 1.807) is 25.3 Å². The number of fused-ring (bicyclic) bond motifs is 1. The first-order valence-corrected chi connectivity index (χ1v) is 14.9. The lowest BCUT2D eigenvalue weighted by atomic mass is 9.80. The number of likely N-dealkylation sites (tertiary alicyclic amines) is 1. The maximum absolute atomic E-state index is 13.4. The molecular weight excluding hydrogens is 512 g/mol. The number of methoxy groups -OCH3 is 1. The Kier molecular flexibility index (Phi) is 8.79. The SMILES string of the molecule is C=C(C1CCCC1)N1CC[C@@H](c2cn(C)c3ncc(CC(=O)c4ccc(OCCOC)c(C#N)c4)c(C)c23)[C@@H](C)C1. The maximum atomic E-state index is 13.4. The van der Waals surface area contributed by atoms with Crippen LogP contribution in [-0.2, 0) is 18.2 Å². The number of carbonyl (C=O) groups is 1. The van der Waals surface area contributed by atoms with Gasteiger partial charge in [0.05, 0.1) is 12.2 Å². The van der Waals surface area contributed by atoms with Crippen molar-refractivity contribution >= 4 is 16.8 Å². The second-order valence-electron chi connectivity index (χ2n) is 11.9. The molecule has 0 spiro atoms. The van der Waals surface area contributed by atoms with Crippen LogP contribution in [0.2, 0.25) is 0 Å². The van der Waals surface area contributed by atoms with Gasteiger partial charge in [-0.05, 0) is 78.8 Å². The normalized spacial score (nSPS) is 19.4. The topological polar surface area (TPSA) is 80.4 Å². The summed E-state index contributed by atoms with van der Waals surface area (Å²) in [4.78, 5) is 20.7. The Morgan fingerprint density at radius 1 is 1.22 bits per heavy atom. The number of nitrogens with zero attached hydrogens (tertiary/aromatic N) is 4. The molecule has 41 heavy (non-hydrogen) atoms. The average Bonchev–Trinajstić information content (AvgIpc) is 3.63. The van der Waals surface area contributed by atoms with E-state index in [4.69, 9.17) is 14.5 Å². The van der Waals surface area contributed by atoms with Gasteiger partial charge in [-0.3, -0.25) is 4.79 Å². The molecule has 2 atom stereocenters. The molecule has 1 saturated heterocycles. The molecule has 3 heterocycles. The molecule has 7 heteroatoms. The first-order chi connectivity index (χ1) is 19.8. The minimum Gasteiger partial charge on any atom is -0.490 e. The third-order valence-electron chi connectivity index (χ3n) is 9.23. The van der Waals surface area contributed by atoms with Crippen LogP contribution >= 0.6 is 0 Å². The summed E-state index contributed by atoms with van der Waals surface area (Å²) in [7, 11) is 3.66. The van der Waals surface area contributed by atoms with E-state index in [9.17, 15) is 10.1 Å². The van der Waals surface area contributed by atoms with Crippen LogP contribution < -0.4 is 4.74 Å². The fourth-order valence-corrected chi connectivity index (χ4v) is 6.85. The molecule has 0 bridgehead atoms. The van der Waals surface area contributed by atoms with E-state index in [0.29, 0.717) is 47.8 Å². The zero-order valence-electron chi connectivity index (χ0n) is 24.9. The Labute approximate surface area is 243 Å². The summed E-state index contributed by atoms with van der Waals surface area (Å²) in [5, 5.41) is 10.8. The van der Waals surface area contributed by atoms with Gasteiger partial charge in [0.15, 0.2) is 5.78 Å². The third kappa shape index (κ3) is 5.90. The van der Waals surface area contributed by atoms with Crippen molar-refractivity contribution in [3.8, 4) is 11.8 Å². The second kappa shape index (κ2) is 12.5. The molecule has 2 aliphatic rings. The third-order valence-corrected chi connectivity index (χ3v) is 9.23. The van der Waals surface area contributed by atoms with Gasteiger partial charge in [-0.25, -0.2) is 4.98 Å². The van der Waals surface area contributed by atoms with E-state index in [1.165, 1.54) is 42.3 Å². The molecule has 1 aromatic carbocycles. The van der Waals surface area contributed by atoms with E-state index < -0.39 is 0 Å². The summed E-state index contributed by atoms with van der Waals surface area (Å²) in [6.07, 6.45) is 10.6. The highest BCUT2D eigenvalue weighted by Gasteiger charge is 2.33. The van der Waals surface area contributed by atoms with Crippen molar-refractivity contribution in [3.63, 3.8) is 0 Å². The zero-order valence-corrected chi connectivity index (χ0v) is 24.9. The Morgan fingerprint density at radius 2 is 2.00 bits per heavy atom. The molecular formula is C34H42N4O3. The fourth-order valence-electron chi connectivity index (χ4n) is 6.85. The number of Topliss-reactive ketones (excluding diaryl/α,β-unsaturated/α-hetero) is 1. The number of benzene rings is 1. The quantitative estimate of drug-likeness (QED) is 0.215. The largest absolute Gasteiger partial charge is 0.490 e. The highest BCUT2D eigenvalue weighted by Crippen LogP contribution is 2.41. The Bertz CT molecular complexity index is 1480. The standard InChI is InChI=1S/C34H42N4O3/c1-22-20-38(24(3)25-8-6-7-9-25)13-12-29(22)30-21-37(4)34-33(30)23(2)28(19-36-34)17-31(39)26-10-11-32(27(16-26)18-35)41-15-14-40-5/h10-11,16,19,21-22,25,29H,3,6-9,12-15,17,20H2,1-2,4-5H3/t22-,29+/m0/s1. The van der Waals surface area contributed by atoms with Crippen LogP contribution in [0.5, 0.6) is 5.75 Å². The number of allylic oxidation sites excluding steroid dienone is 1. The Hall–Kier alpha value is -3.63. The number of hydrogen-bond donors (Lipinski definition) is 0. The van der Waals surface area contributed by atoms with Crippen molar-refractivity contribution in [2.45, 2.75) is 58.3 Å². The molecule has 0 radical (unpaired) electrons. The van der Waals surface area contributed by atoms with Gasteiger partial charge >= 0.3 is 0 Å². The van der Waals surface area contributed by atoms with Crippen LogP contribution in [0, 0.1) is 30.1 Å². The van der Waals surface area contributed by atoms with Gasteiger partial charge in [0, 0.05) is 62.7 Å². The van der Waals surface area contributed by atoms with Crippen LogP contribution in [0.4, 0.5) is 0 Å². The van der Waals surface area contributed by atoms with Gasteiger partial charge in [-0.1, -0.05) is 26.3 Å². The molecule has 0 unspecified atom stereocenters. The number of hydrogen-bond acceptors (Lipinski definition) is 6. The smallest absolute Gasteiger partial charge is 0.167 e. The lowest BCUT2D eigenvalue weighted by Gasteiger charge is -2.40. The summed E-state index contributed by atoms with van der Waals surface area (Å²) in [5.74, 6) is 2.00. The first kappa shape index (κ1) is 28.9. The van der Waals surface area contributed by atoms with Crippen molar-refractivity contribution < 1.29 is 14.3 Å². The van der Waals surface area contributed by atoms with Crippen molar-refractivity contribution in [1.29, 1.82) is 5.26 Å². The number of piperidine rings is 1. The number of aromatic nitrogens is 2. The summed E-state index contributed by atoms with van der Waals surface area (Å²) in [6, 6.07) is 7.20. The van der Waals surface area contributed by atoms with E-state index in [2.05, 4.69) is 49.2 Å². The summed E-state index contributed by atoms with van der Waals surface area (Å²) in [6.45, 7) is 11.8. The van der Waals surface area contributed by atoms with E-state index in [1.807, 2.05) is 6.20 Å². The predicted molar refractivity (Wildman–Crippen MR) is 161 cm³/mol. The van der Waals surface area contributed by atoms with Gasteiger partial charge in [0.1, 0.15) is 24.1 Å². The number of rotatable bonds is 10. The molecule has 5 rings (SSSR count). The van der Waals surface area contributed by atoms with E-state index >= 15 is 0 Å². The molecule has 0 amide bonds. The minimum atomic E-state index is -0.0428. The maximum Gasteiger partial charge on any atom is 0.167 e. The van der Waals surface area contributed by atoms with Crippen LogP contribution in [0.3, 0.4) is 0 Å². The van der Waals surface area contributed by atoms with E-state index in [-0.39, 0.29) is 12.2 Å². The minimum absolute atomic E-state index is 0.0428. The van der Waals surface area contributed by atoms with Crippen molar-refractivity contribution in [2.24, 2.45) is 18.9 Å². The van der Waals surface area contributed by atoms with Gasteiger partial charge in [0.25, 0.3) is 0 Å². The summed E-state index contributed by atoms with van der Waals surface area (Å²) in [5.41, 5.74) is 6.53. The highest BCUT2D eigenvalue weighted by molar-refractivity contribution is 5.99.